The molecule has 88 valence electrons. The molecule has 0 spiro atoms. The van der Waals surface area contributed by atoms with Gasteiger partial charge in [-0.3, -0.25) is 0 Å². The molecular weight excluding hydrogens is 271 g/mol. The van der Waals surface area contributed by atoms with E-state index in [0.29, 0.717) is 6.04 Å². The number of rotatable bonds is 3. The van der Waals surface area contributed by atoms with Crippen molar-refractivity contribution in [3.05, 3.63) is 28.5 Å². The van der Waals surface area contributed by atoms with Gasteiger partial charge in [-0.2, -0.15) is 0 Å². The minimum atomic E-state index is -0.176. The van der Waals surface area contributed by atoms with Crippen molar-refractivity contribution >= 4 is 21.6 Å². The molecule has 16 heavy (non-hydrogen) atoms. The highest BCUT2D eigenvalue weighted by molar-refractivity contribution is 9.10. The van der Waals surface area contributed by atoms with Gasteiger partial charge in [-0.05, 0) is 47.1 Å². The molecule has 1 aromatic rings. The molecule has 1 aliphatic rings. The Labute approximate surface area is 104 Å². The summed E-state index contributed by atoms with van der Waals surface area (Å²) in [6.07, 6.45) is 1.12. The van der Waals surface area contributed by atoms with Gasteiger partial charge in [0.15, 0.2) is 0 Å². The zero-order chi connectivity index (χ0) is 11.5. The van der Waals surface area contributed by atoms with Crippen LogP contribution in [0.5, 0.6) is 0 Å². The monoisotopic (exact) mass is 286 g/mol. The van der Waals surface area contributed by atoms with Crippen molar-refractivity contribution < 1.29 is 4.39 Å². The van der Waals surface area contributed by atoms with Gasteiger partial charge < -0.3 is 10.2 Å². The molecule has 0 radical (unpaired) electrons. The van der Waals surface area contributed by atoms with Crippen molar-refractivity contribution in [3.8, 4) is 0 Å². The quantitative estimate of drug-likeness (QED) is 0.919. The van der Waals surface area contributed by atoms with Gasteiger partial charge in [0, 0.05) is 23.6 Å². The summed E-state index contributed by atoms with van der Waals surface area (Å²) in [6, 6.07) is 5.37. The van der Waals surface area contributed by atoms with Crippen molar-refractivity contribution in [3.63, 3.8) is 0 Å². The topological polar surface area (TPSA) is 15.3 Å². The fourth-order valence-electron chi connectivity index (χ4n) is 2.16. The van der Waals surface area contributed by atoms with Crippen LogP contribution >= 0.6 is 15.9 Å². The number of hydrogen-bond acceptors (Lipinski definition) is 2. The highest BCUT2D eigenvalue weighted by Crippen LogP contribution is 2.29. The van der Waals surface area contributed by atoms with E-state index < -0.39 is 0 Å². The minimum Gasteiger partial charge on any atom is -0.369 e. The molecule has 1 saturated heterocycles. The molecular formula is C12H16BrFN2. The van der Waals surface area contributed by atoms with Gasteiger partial charge in [-0.1, -0.05) is 6.92 Å². The molecule has 4 heteroatoms. The van der Waals surface area contributed by atoms with Gasteiger partial charge in [0.2, 0.25) is 0 Å². The first-order chi connectivity index (χ1) is 7.70. The zero-order valence-corrected chi connectivity index (χ0v) is 10.9. The van der Waals surface area contributed by atoms with Gasteiger partial charge in [-0.25, -0.2) is 4.39 Å². The lowest BCUT2D eigenvalue weighted by atomic mass is 10.2. The Morgan fingerprint density at radius 2 is 2.38 bits per heavy atom. The van der Waals surface area contributed by atoms with Crippen LogP contribution in [-0.2, 0) is 0 Å². The average Bonchev–Trinajstić information content (AvgIpc) is 2.71. The van der Waals surface area contributed by atoms with Crippen LogP contribution in [-0.4, -0.2) is 25.7 Å². The predicted octanol–water partition coefficient (Wildman–Crippen LogP) is 2.78. The molecule has 1 heterocycles. The van der Waals surface area contributed by atoms with Crippen LogP contribution in [0.1, 0.15) is 13.3 Å². The lowest BCUT2D eigenvalue weighted by Gasteiger charge is -2.20. The number of nitrogens with zero attached hydrogens (tertiary/aromatic N) is 1. The first kappa shape index (κ1) is 11.9. The van der Waals surface area contributed by atoms with Crippen LogP contribution in [0.15, 0.2) is 22.7 Å². The standard InChI is InChI=1S/C12H16BrFN2/c1-2-15-10-5-6-16(8-10)12-7-9(14)3-4-11(12)13/h3-4,7,10,15H,2,5-6,8H2,1H3. The summed E-state index contributed by atoms with van der Waals surface area (Å²) in [5.41, 5.74) is 0.959. The number of benzene rings is 1. The highest BCUT2D eigenvalue weighted by Gasteiger charge is 2.23. The van der Waals surface area contributed by atoms with Crippen molar-refractivity contribution in [1.82, 2.24) is 5.32 Å². The smallest absolute Gasteiger partial charge is 0.125 e. The van der Waals surface area contributed by atoms with E-state index in [1.165, 1.54) is 6.07 Å². The average molecular weight is 287 g/mol. The first-order valence-electron chi connectivity index (χ1n) is 5.64. The maximum absolute atomic E-state index is 13.2. The van der Waals surface area contributed by atoms with Gasteiger partial charge in [0.25, 0.3) is 0 Å². The third-order valence-electron chi connectivity index (χ3n) is 2.93. The fourth-order valence-corrected chi connectivity index (χ4v) is 2.66. The Morgan fingerprint density at radius 1 is 1.56 bits per heavy atom. The summed E-state index contributed by atoms with van der Waals surface area (Å²) < 4.78 is 14.1. The van der Waals surface area contributed by atoms with Crippen molar-refractivity contribution in [2.45, 2.75) is 19.4 Å². The molecule has 1 aliphatic heterocycles. The third kappa shape index (κ3) is 2.55. The molecule has 0 saturated carbocycles. The molecule has 0 aromatic heterocycles. The summed E-state index contributed by atoms with van der Waals surface area (Å²) in [4.78, 5) is 2.22. The van der Waals surface area contributed by atoms with Crippen LogP contribution < -0.4 is 10.2 Å². The van der Waals surface area contributed by atoms with E-state index in [4.69, 9.17) is 0 Å². The molecule has 2 nitrogen and oxygen atoms in total. The molecule has 2 rings (SSSR count). The molecule has 0 bridgehead atoms. The zero-order valence-electron chi connectivity index (χ0n) is 9.34. The van der Waals surface area contributed by atoms with Crippen LogP contribution in [0.3, 0.4) is 0 Å². The Hall–Kier alpha value is -0.610. The van der Waals surface area contributed by atoms with Crippen LogP contribution in [0.25, 0.3) is 0 Å². The summed E-state index contributed by atoms with van der Waals surface area (Å²) in [6.45, 7) is 5.04. The van der Waals surface area contributed by atoms with E-state index >= 15 is 0 Å². The van der Waals surface area contributed by atoms with E-state index in [-0.39, 0.29) is 5.82 Å². The van der Waals surface area contributed by atoms with Crippen molar-refractivity contribution in [2.75, 3.05) is 24.5 Å². The summed E-state index contributed by atoms with van der Waals surface area (Å²) in [7, 11) is 0. The van der Waals surface area contributed by atoms with E-state index in [1.54, 1.807) is 12.1 Å². The maximum Gasteiger partial charge on any atom is 0.125 e. The SMILES string of the molecule is CCNC1CCN(c2cc(F)ccc2Br)C1. The molecule has 1 aromatic carbocycles. The second kappa shape index (κ2) is 5.15. The molecule has 0 amide bonds. The van der Waals surface area contributed by atoms with Gasteiger partial charge in [0.05, 0.1) is 5.69 Å². The van der Waals surface area contributed by atoms with Crippen molar-refractivity contribution in [1.29, 1.82) is 0 Å². The van der Waals surface area contributed by atoms with Crippen LogP contribution in [0.2, 0.25) is 0 Å². The summed E-state index contributed by atoms with van der Waals surface area (Å²) in [5, 5.41) is 3.43. The second-order valence-corrected chi connectivity index (χ2v) is 4.94. The molecule has 1 fully saturated rings. The van der Waals surface area contributed by atoms with E-state index in [0.717, 1.165) is 36.2 Å². The number of halogens is 2. The number of hydrogen-bond donors (Lipinski definition) is 1. The third-order valence-corrected chi connectivity index (χ3v) is 3.60. The number of anilines is 1. The first-order valence-corrected chi connectivity index (χ1v) is 6.43. The highest BCUT2D eigenvalue weighted by atomic mass is 79.9. The Bertz CT molecular complexity index is 370. The van der Waals surface area contributed by atoms with Gasteiger partial charge >= 0.3 is 0 Å². The Morgan fingerprint density at radius 3 is 3.12 bits per heavy atom. The predicted molar refractivity (Wildman–Crippen MR) is 68.4 cm³/mol. The van der Waals surface area contributed by atoms with Crippen LogP contribution in [0, 0.1) is 5.82 Å². The minimum absolute atomic E-state index is 0.176. The lowest BCUT2D eigenvalue weighted by molar-refractivity contribution is 0.571. The van der Waals surface area contributed by atoms with Crippen LogP contribution in [0.4, 0.5) is 10.1 Å². The van der Waals surface area contributed by atoms with Gasteiger partial charge in [0.1, 0.15) is 5.82 Å². The summed E-state index contributed by atoms with van der Waals surface area (Å²) in [5.74, 6) is -0.176. The lowest BCUT2D eigenvalue weighted by Crippen LogP contribution is -2.32. The molecule has 1 atom stereocenters. The van der Waals surface area contributed by atoms with Crippen molar-refractivity contribution in [2.24, 2.45) is 0 Å². The van der Waals surface area contributed by atoms with E-state index in [9.17, 15) is 4.39 Å². The van der Waals surface area contributed by atoms with E-state index in [1.807, 2.05) is 0 Å². The number of nitrogens with one attached hydrogen (secondary N) is 1. The maximum atomic E-state index is 13.2. The second-order valence-electron chi connectivity index (χ2n) is 4.09. The summed E-state index contributed by atoms with van der Waals surface area (Å²) >= 11 is 3.47. The Balaban J connectivity index is 2.11. The van der Waals surface area contributed by atoms with E-state index in [2.05, 4.69) is 33.1 Å². The molecule has 0 aliphatic carbocycles. The molecule has 1 N–H and O–H groups in total. The van der Waals surface area contributed by atoms with Gasteiger partial charge in [-0.15, -0.1) is 0 Å². The number of likely N-dealkylation sites (N-methyl/N-ethyl adjacent to an activating group) is 1. The normalized spacial score (nSPS) is 20.4. The largest absolute Gasteiger partial charge is 0.369 e. The Kier molecular flexibility index (Phi) is 3.82. The molecule has 1 unspecified atom stereocenters. The fraction of sp³-hybridized carbons (Fsp3) is 0.500.